The topological polar surface area (TPSA) is 49.7 Å². The SMILES string of the molecule is CCCO.[CH2-]C.[CH2-]C.[CH2-]CN=C=O.[Zr+3]. The number of rotatable bonds is 2. The van der Waals surface area contributed by atoms with Crippen LogP contribution in [-0.4, -0.2) is 24.3 Å². The molecule has 0 amide bonds. The van der Waals surface area contributed by atoms with E-state index in [2.05, 4.69) is 25.8 Å². The minimum atomic E-state index is 0. The Morgan fingerprint density at radius 2 is 1.57 bits per heavy atom. The van der Waals surface area contributed by atoms with Gasteiger partial charge in [-0.25, -0.2) is 9.79 Å². The first-order valence-corrected chi connectivity index (χ1v) is 4.18. The molecule has 0 aliphatic rings. The van der Waals surface area contributed by atoms with E-state index in [0.717, 1.165) is 6.42 Å². The van der Waals surface area contributed by atoms with Crippen LogP contribution < -0.4 is 0 Å². The van der Waals surface area contributed by atoms with Crippen LogP contribution in [0.25, 0.3) is 0 Å². The maximum Gasteiger partial charge on any atom is 3.00 e. The average molecular weight is 280 g/mol. The fourth-order valence-electron chi connectivity index (χ4n) is 0.0456. The van der Waals surface area contributed by atoms with Crippen molar-refractivity contribution in [1.82, 2.24) is 0 Å². The molecule has 0 aromatic heterocycles. The summed E-state index contributed by atoms with van der Waals surface area (Å²) in [5, 5.41) is 7.88. The number of carbonyl (C=O) groups excluding carboxylic acids is 1. The van der Waals surface area contributed by atoms with E-state index in [1.165, 1.54) is 6.08 Å². The van der Waals surface area contributed by atoms with Crippen LogP contribution in [0, 0.1) is 20.8 Å². The monoisotopic (exact) mass is 278 g/mol. The molecule has 14 heavy (non-hydrogen) atoms. The van der Waals surface area contributed by atoms with Gasteiger partial charge >= 0.3 is 26.2 Å². The minimum Gasteiger partial charge on any atom is -0.396 e. The Kier molecular flexibility index (Phi) is 151. The molecule has 0 spiro atoms. The third-order valence-corrected chi connectivity index (χ3v) is 0.400. The Morgan fingerprint density at radius 3 is 1.57 bits per heavy atom. The van der Waals surface area contributed by atoms with Crippen molar-refractivity contribution in [1.29, 1.82) is 0 Å². The molecule has 1 N–H and O–H groups in total. The third-order valence-electron chi connectivity index (χ3n) is 0.400. The Balaban J connectivity index is -0.0000000273. The summed E-state index contributed by atoms with van der Waals surface area (Å²) in [4.78, 5) is 12.1. The van der Waals surface area contributed by atoms with Crippen molar-refractivity contribution in [2.24, 2.45) is 4.99 Å². The van der Waals surface area contributed by atoms with Crippen LogP contribution in [0.1, 0.15) is 27.2 Å². The zero-order chi connectivity index (χ0) is 11.5. The molecule has 0 fully saturated rings. The zero-order valence-electron chi connectivity index (χ0n) is 9.55. The number of isocyanates is 1. The summed E-state index contributed by atoms with van der Waals surface area (Å²) >= 11 is 0. The van der Waals surface area contributed by atoms with Crippen LogP contribution in [0.2, 0.25) is 0 Å². The smallest absolute Gasteiger partial charge is 0.396 e. The summed E-state index contributed by atoms with van der Waals surface area (Å²) in [6.07, 6.45) is 2.20. The zero-order valence-corrected chi connectivity index (χ0v) is 12.0. The van der Waals surface area contributed by atoms with Gasteiger partial charge in [-0.15, -0.1) is 0 Å². The molecule has 4 heteroatoms. The molecule has 0 atom stereocenters. The number of aliphatic hydroxyl groups is 1. The molecular weight excluding hydrogens is 257 g/mol. The van der Waals surface area contributed by atoms with Crippen LogP contribution in [0.3, 0.4) is 0 Å². The van der Waals surface area contributed by atoms with Crippen LogP contribution in [0.15, 0.2) is 4.99 Å². The molecule has 0 aliphatic heterocycles. The summed E-state index contributed by atoms with van der Waals surface area (Å²) in [5.74, 6) is 0. The van der Waals surface area contributed by atoms with Crippen molar-refractivity contribution in [3.05, 3.63) is 20.8 Å². The predicted molar refractivity (Wildman–Crippen MR) is 57.8 cm³/mol. The summed E-state index contributed by atoms with van der Waals surface area (Å²) in [5.41, 5.74) is 0. The molecule has 0 rings (SSSR count). The summed E-state index contributed by atoms with van der Waals surface area (Å²) in [6.45, 7) is 15.8. The number of aliphatic imine (C=N–C) groups is 1. The first kappa shape index (κ1) is 29.2. The van der Waals surface area contributed by atoms with E-state index in [1.807, 2.05) is 6.92 Å². The van der Waals surface area contributed by atoms with Gasteiger partial charge < -0.3 is 25.9 Å². The van der Waals surface area contributed by atoms with E-state index < -0.39 is 0 Å². The second kappa shape index (κ2) is 72.4. The molecule has 0 aromatic rings. The second-order valence-electron chi connectivity index (χ2n) is 1.20. The summed E-state index contributed by atoms with van der Waals surface area (Å²) < 4.78 is 0. The molecule has 0 bridgehead atoms. The van der Waals surface area contributed by atoms with Crippen molar-refractivity contribution in [3.63, 3.8) is 0 Å². The number of hydrogen-bond acceptors (Lipinski definition) is 3. The van der Waals surface area contributed by atoms with E-state index in [1.54, 1.807) is 13.8 Å². The van der Waals surface area contributed by atoms with Crippen LogP contribution in [-0.2, 0) is 31.0 Å². The van der Waals surface area contributed by atoms with Gasteiger partial charge in [-0.1, -0.05) is 13.5 Å². The van der Waals surface area contributed by atoms with Gasteiger partial charge in [-0.05, 0) is 6.42 Å². The molecule has 0 heterocycles. The average Bonchev–Trinajstić information content (AvgIpc) is 2.25. The Hall–Kier alpha value is 0.223. The summed E-state index contributed by atoms with van der Waals surface area (Å²) in [6, 6.07) is 0. The van der Waals surface area contributed by atoms with Gasteiger partial charge in [0.2, 0.25) is 6.08 Å². The summed E-state index contributed by atoms with van der Waals surface area (Å²) in [7, 11) is 0. The Morgan fingerprint density at radius 1 is 1.29 bits per heavy atom. The van der Waals surface area contributed by atoms with Crippen molar-refractivity contribution in [2.45, 2.75) is 27.2 Å². The van der Waals surface area contributed by atoms with Crippen LogP contribution in [0.4, 0.5) is 0 Å². The van der Waals surface area contributed by atoms with Crippen LogP contribution >= 0.6 is 0 Å². The van der Waals surface area contributed by atoms with Gasteiger partial charge in [0.1, 0.15) is 0 Å². The first-order chi connectivity index (χ1) is 6.33. The largest absolute Gasteiger partial charge is 3.00 e. The maximum absolute atomic E-state index is 9.07. The molecule has 0 unspecified atom stereocenters. The van der Waals surface area contributed by atoms with Gasteiger partial charge in [0.15, 0.2) is 0 Å². The van der Waals surface area contributed by atoms with E-state index in [-0.39, 0.29) is 26.2 Å². The molecule has 0 saturated carbocycles. The second-order valence-corrected chi connectivity index (χ2v) is 1.20. The van der Waals surface area contributed by atoms with E-state index in [9.17, 15) is 0 Å². The fraction of sp³-hybridized carbons (Fsp3) is 0.600. The molecule has 83 valence electrons. The number of hydrogen-bond donors (Lipinski definition) is 1. The molecule has 0 aliphatic carbocycles. The fourth-order valence-corrected chi connectivity index (χ4v) is 0.0456. The predicted octanol–water partition coefficient (Wildman–Crippen LogP) is 2.22. The van der Waals surface area contributed by atoms with Crippen molar-refractivity contribution in [3.8, 4) is 0 Å². The van der Waals surface area contributed by atoms with E-state index >= 15 is 0 Å². The molecule has 0 aromatic carbocycles. The standard InChI is InChI=1S/C3H4NO.C3H8O.2C2H5.Zr/c1-2-4-3-5;1-2-3-4;2*1-2;/h1-2H2;4H,2-3H2,1H3;2*1H2,2H3;/q-1;;2*-1;+3. The molecule has 1 radical (unpaired) electrons. The minimum absolute atomic E-state index is 0. The first-order valence-electron chi connectivity index (χ1n) is 4.18. The quantitative estimate of drug-likeness (QED) is 0.479. The van der Waals surface area contributed by atoms with Gasteiger partial charge in [0.25, 0.3) is 0 Å². The molecular formula is C10H22NO2Zr. The Bertz CT molecular complexity index is 82.2. The van der Waals surface area contributed by atoms with Crippen LogP contribution in [0.5, 0.6) is 0 Å². The third kappa shape index (κ3) is 148. The van der Waals surface area contributed by atoms with Gasteiger partial charge in [-0.3, -0.25) is 0 Å². The van der Waals surface area contributed by atoms with Gasteiger partial charge in [-0.2, -0.15) is 13.8 Å². The van der Waals surface area contributed by atoms with E-state index in [4.69, 9.17) is 9.90 Å². The van der Waals surface area contributed by atoms with Gasteiger partial charge in [0.05, 0.1) is 0 Å². The van der Waals surface area contributed by atoms with Crippen molar-refractivity contribution in [2.75, 3.05) is 13.2 Å². The Labute approximate surface area is 108 Å². The van der Waals surface area contributed by atoms with Gasteiger partial charge in [0, 0.05) is 6.61 Å². The number of aliphatic hydroxyl groups excluding tert-OH is 1. The van der Waals surface area contributed by atoms with Crippen molar-refractivity contribution >= 4 is 6.08 Å². The molecule has 3 nitrogen and oxygen atoms in total. The molecule has 0 saturated heterocycles. The number of nitrogens with zero attached hydrogens (tertiary/aromatic N) is 1. The normalized spacial score (nSPS) is 5.07. The maximum atomic E-state index is 9.07. The van der Waals surface area contributed by atoms with E-state index in [0.29, 0.717) is 13.2 Å². The van der Waals surface area contributed by atoms with Crippen molar-refractivity contribution < 1.29 is 36.1 Å².